The van der Waals surface area contributed by atoms with Crippen LogP contribution in [0, 0.1) is 0 Å². The normalized spacial score (nSPS) is 25.8. The number of carbonyl (C=O) groups excluding carboxylic acids is 1. The van der Waals surface area contributed by atoms with Crippen LogP contribution in [0.25, 0.3) is 0 Å². The zero-order valence-corrected chi connectivity index (χ0v) is 10.4. The summed E-state index contributed by atoms with van der Waals surface area (Å²) in [7, 11) is 0. The Morgan fingerprint density at radius 2 is 2.25 bits per heavy atom. The minimum absolute atomic E-state index is 0.128. The number of carbonyl (C=O) groups is 1. The number of ether oxygens (including phenoxy) is 1. The van der Waals surface area contributed by atoms with Gasteiger partial charge in [0, 0.05) is 18.5 Å². The van der Waals surface area contributed by atoms with Crippen LogP contribution in [0.15, 0.2) is 10.9 Å². The molecule has 0 aliphatic carbocycles. The molecule has 0 spiro atoms. The van der Waals surface area contributed by atoms with Crippen LogP contribution in [0.1, 0.15) is 19.5 Å². The molecule has 2 rings (SSSR count). The first-order valence-corrected chi connectivity index (χ1v) is 6.39. The first kappa shape index (κ1) is 11.5. The van der Waals surface area contributed by atoms with Crippen LogP contribution in [0.4, 0.5) is 0 Å². The molecule has 2 atom stereocenters. The summed E-state index contributed by atoms with van der Waals surface area (Å²) in [6, 6.07) is 0. The van der Waals surface area contributed by atoms with Crippen molar-refractivity contribution in [3.8, 4) is 0 Å². The van der Waals surface area contributed by atoms with Gasteiger partial charge in [0.25, 0.3) is 0 Å². The Morgan fingerprint density at radius 1 is 1.56 bits per heavy atom. The van der Waals surface area contributed by atoms with Crippen molar-refractivity contribution in [3.63, 3.8) is 0 Å². The van der Waals surface area contributed by atoms with Crippen LogP contribution in [0.5, 0.6) is 0 Å². The fourth-order valence-corrected chi connectivity index (χ4v) is 2.53. The fraction of sp³-hybridized carbons (Fsp3) is 0.636. The molecule has 4 nitrogen and oxygen atoms in total. The second kappa shape index (κ2) is 4.93. The lowest BCUT2D eigenvalue weighted by atomic mass is 10.2. The first-order chi connectivity index (χ1) is 7.65. The summed E-state index contributed by atoms with van der Waals surface area (Å²) >= 11 is 1.52. The van der Waals surface area contributed by atoms with Gasteiger partial charge in [0.1, 0.15) is 0 Å². The average molecular weight is 240 g/mol. The lowest BCUT2D eigenvalue weighted by Crippen LogP contribution is -2.48. The first-order valence-electron chi connectivity index (χ1n) is 5.45. The van der Waals surface area contributed by atoms with Crippen molar-refractivity contribution >= 4 is 17.2 Å². The highest BCUT2D eigenvalue weighted by molar-refractivity contribution is 7.07. The van der Waals surface area contributed by atoms with E-state index in [1.165, 1.54) is 11.3 Å². The van der Waals surface area contributed by atoms with E-state index in [9.17, 15) is 4.79 Å². The molecule has 0 aromatic carbocycles. The van der Waals surface area contributed by atoms with E-state index in [0.29, 0.717) is 19.5 Å². The van der Waals surface area contributed by atoms with Crippen LogP contribution >= 0.6 is 11.3 Å². The third kappa shape index (κ3) is 2.80. The summed E-state index contributed by atoms with van der Waals surface area (Å²) < 4.78 is 5.59. The number of thiazole rings is 1. The van der Waals surface area contributed by atoms with E-state index in [4.69, 9.17) is 4.74 Å². The highest BCUT2D eigenvalue weighted by Gasteiger charge is 2.25. The predicted octanol–water partition coefficient (Wildman–Crippen LogP) is 1.32. The largest absolute Gasteiger partial charge is 0.372 e. The van der Waals surface area contributed by atoms with Crippen molar-refractivity contribution in [2.24, 2.45) is 0 Å². The van der Waals surface area contributed by atoms with Crippen molar-refractivity contribution in [2.75, 3.05) is 13.1 Å². The molecular formula is C11H16N2O2S. The molecule has 0 N–H and O–H groups in total. The molecule has 5 heteroatoms. The number of hydrogen-bond donors (Lipinski definition) is 0. The van der Waals surface area contributed by atoms with E-state index in [1.54, 1.807) is 5.51 Å². The molecule has 1 aromatic rings. The van der Waals surface area contributed by atoms with Gasteiger partial charge in [-0.05, 0) is 13.8 Å². The summed E-state index contributed by atoms with van der Waals surface area (Å²) in [5.74, 6) is 0.146. The Morgan fingerprint density at radius 3 is 2.81 bits per heavy atom. The number of aromatic nitrogens is 1. The van der Waals surface area contributed by atoms with Crippen molar-refractivity contribution < 1.29 is 9.53 Å². The zero-order valence-electron chi connectivity index (χ0n) is 9.55. The maximum Gasteiger partial charge on any atom is 0.228 e. The summed E-state index contributed by atoms with van der Waals surface area (Å²) in [6.07, 6.45) is 0.661. The van der Waals surface area contributed by atoms with Gasteiger partial charge in [0.05, 0.1) is 29.8 Å². The van der Waals surface area contributed by atoms with Gasteiger partial charge in [0.15, 0.2) is 0 Å². The fourth-order valence-electron chi connectivity index (χ4n) is 1.97. The lowest BCUT2D eigenvalue weighted by Gasteiger charge is -2.35. The van der Waals surface area contributed by atoms with Crippen LogP contribution < -0.4 is 0 Å². The quantitative estimate of drug-likeness (QED) is 0.783. The Hall–Kier alpha value is -0.940. The monoisotopic (exact) mass is 240 g/mol. The number of morpholine rings is 1. The number of amides is 1. The maximum atomic E-state index is 12.0. The van der Waals surface area contributed by atoms with E-state index in [0.717, 1.165) is 5.69 Å². The SMILES string of the molecule is C[C@@H]1CN(C(=O)Cc2cscn2)C[C@H](C)O1. The molecule has 2 heterocycles. The Balaban J connectivity index is 1.94. The molecule has 1 aliphatic rings. The molecule has 88 valence electrons. The zero-order chi connectivity index (χ0) is 11.5. The van der Waals surface area contributed by atoms with E-state index < -0.39 is 0 Å². The molecule has 0 unspecified atom stereocenters. The van der Waals surface area contributed by atoms with Crippen molar-refractivity contribution in [3.05, 3.63) is 16.6 Å². The third-order valence-corrected chi connectivity index (χ3v) is 3.22. The summed E-state index contributed by atoms with van der Waals surface area (Å²) in [5, 5.41) is 1.92. The van der Waals surface area contributed by atoms with Gasteiger partial charge in [-0.3, -0.25) is 4.79 Å². The van der Waals surface area contributed by atoms with Gasteiger partial charge >= 0.3 is 0 Å². The van der Waals surface area contributed by atoms with Crippen molar-refractivity contribution in [1.82, 2.24) is 9.88 Å². The minimum Gasteiger partial charge on any atom is -0.372 e. The van der Waals surface area contributed by atoms with Gasteiger partial charge in [-0.1, -0.05) is 0 Å². The Bertz CT molecular complexity index is 343. The topological polar surface area (TPSA) is 42.4 Å². The lowest BCUT2D eigenvalue weighted by molar-refractivity contribution is -0.142. The van der Waals surface area contributed by atoms with Crippen LogP contribution in [0.2, 0.25) is 0 Å². The third-order valence-electron chi connectivity index (χ3n) is 2.59. The molecule has 0 bridgehead atoms. The minimum atomic E-state index is 0.128. The molecule has 1 aromatic heterocycles. The number of rotatable bonds is 2. The Labute approximate surface area is 99.2 Å². The van der Waals surface area contributed by atoms with Gasteiger partial charge in [-0.2, -0.15) is 0 Å². The summed E-state index contributed by atoms with van der Waals surface area (Å²) in [6.45, 7) is 5.37. The molecule has 0 radical (unpaired) electrons. The second-order valence-corrected chi connectivity index (χ2v) is 4.93. The number of nitrogens with zero attached hydrogens (tertiary/aromatic N) is 2. The van der Waals surface area contributed by atoms with Crippen molar-refractivity contribution in [1.29, 1.82) is 0 Å². The van der Waals surface area contributed by atoms with Crippen LogP contribution in [-0.2, 0) is 16.0 Å². The number of hydrogen-bond acceptors (Lipinski definition) is 4. The maximum absolute atomic E-state index is 12.0. The second-order valence-electron chi connectivity index (χ2n) is 4.21. The van der Waals surface area contributed by atoms with Crippen molar-refractivity contribution in [2.45, 2.75) is 32.5 Å². The highest BCUT2D eigenvalue weighted by atomic mass is 32.1. The smallest absolute Gasteiger partial charge is 0.228 e. The standard InChI is InChI=1S/C11H16N2O2S/c1-8-4-13(5-9(2)15-8)11(14)3-10-6-16-7-12-10/h6-9H,3-5H2,1-2H3/t8-,9+. The molecule has 1 aliphatic heterocycles. The average Bonchev–Trinajstić information content (AvgIpc) is 2.68. The van der Waals surface area contributed by atoms with Gasteiger partial charge in [-0.25, -0.2) is 4.98 Å². The van der Waals surface area contributed by atoms with E-state index in [2.05, 4.69) is 4.98 Å². The van der Waals surface area contributed by atoms with E-state index in [-0.39, 0.29) is 18.1 Å². The summed E-state index contributed by atoms with van der Waals surface area (Å²) in [4.78, 5) is 18.0. The van der Waals surface area contributed by atoms with E-state index in [1.807, 2.05) is 24.1 Å². The molecule has 1 amide bonds. The Kier molecular flexibility index (Phi) is 3.56. The molecule has 16 heavy (non-hydrogen) atoms. The molecular weight excluding hydrogens is 224 g/mol. The van der Waals surface area contributed by atoms with Gasteiger partial charge in [0.2, 0.25) is 5.91 Å². The highest BCUT2D eigenvalue weighted by Crippen LogP contribution is 2.12. The van der Waals surface area contributed by atoms with E-state index >= 15 is 0 Å². The van der Waals surface area contributed by atoms with Crippen LogP contribution in [-0.4, -0.2) is 41.1 Å². The summed E-state index contributed by atoms with van der Waals surface area (Å²) in [5.41, 5.74) is 2.62. The van der Waals surface area contributed by atoms with Gasteiger partial charge < -0.3 is 9.64 Å². The molecule has 1 saturated heterocycles. The molecule has 0 saturated carbocycles. The van der Waals surface area contributed by atoms with Crippen LogP contribution in [0.3, 0.4) is 0 Å². The van der Waals surface area contributed by atoms with Gasteiger partial charge in [-0.15, -0.1) is 11.3 Å². The predicted molar refractivity (Wildman–Crippen MR) is 62.4 cm³/mol. The molecule has 1 fully saturated rings.